The second-order valence-electron chi connectivity index (χ2n) is 8.10. The van der Waals surface area contributed by atoms with Gasteiger partial charge in [-0.15, -0.1) is 10.2 Å². The van der Waals surface area contributed by atoms with Crippen molar-refractivity contribution in [3.05, 3.63) is 18.0 Å². The van der Waals surface area contributed by atoms with Crippen molar-refractivity contribution in [3.8, 4) is 11.5 Å². The molecule has 174 valence electrons. The zero-order valence-corrected chi connectivity index (χ0v) is 19.7. The van der Waals surface area contributed by atoms with Crippen LogP contribution in [0.25, 0.3) is 16.7 Å². The number of unbranched alkanes of at least 4 members (excludes halogenated alkanes) is 1. The van der Waals surface area contributed by atoms with Gasteiger partial charge >= 0.3 is 0 Å². The monoisotopic (exact) mass is 442 g/mol. The predicted molar refractivity (Wildman–Crippen MR) is 126 cm³/mol. The third-order valence-electron chi connectivity index (χ3n) is 4.96. The summed E-state index contributed by atoms with van der Waals surface area (Å²) in [7, 11) is 0. The molecule has 0 saturated heterocycles. The summed E-state index contributed by atoms with van der Waals surface area (Å²) < 4.78 is 13.5. The molecular formula is C23H34N6O3. The number of nitrogens with one attached hydrogen (secondary N) is 2. The first-order valence-electron chi connectivity index (χ1n) is 11.4. The number of nitrogens with zero attached hydrogens (tertiary/aromatic N) is 4. The van der Waals surface area contributed by atoms with Gasteiger partial charge in [0.15, 0.2) is 17.3 Å². The van der Waals surface area contributed by atoms with Crippen LogP contribution in [0.4, 0.5) is 5.82 Å². The maximum absolute atomic E-state index is 11.7. The second kappa shape index (κ2) is 11.0. The molecule has 0 atom stereocenters. The molecule has 0 unspecified atom stereocenters. The molecule has 1 amide bonds. The Morgan fingerprint density at radius 3 is 2.44 bits per heavy atom. The highest BCUT2D eigenvalue weighted by molar-refractivity contribution is 5.86. The molecule has 1 aromatic carbocycles. The maximum atomic E-state index is 11.7. The smallest absolute Gasteiger partial charge is 0.220 e. The molecule has 2 heterocycles. The van der Waals surface area contributed by atoms with Crippen LogP contribution >= 0.6 is 0 Å². The molecule has 3 rings (SSSR count). The third kappa shape index (κ3) is 5.57. The summed E-state index contributed by atoms with van der Waals surface area (Å²) in [6, 6.07) is 3.84. The lowest BCUT2D eigenvalue weighted by Crippen LogP contribution is -2.25. The highest BCUT2D eigenvalue weighted by Crippen LogP contribution is 2.34. The van der Waals surface area contributed by atoms with Gasteiger partial charge in [-0.3, -0.25) is 9.20 Å². The van der Waals surface area contributed by atoms with Crippen LogP contribution in [0.2, 0.25) is 0 Å². The SMILES string of the molecule is CCOc1cc2nc(NCCCCNC(=O)CC(C)C)c3nnc(C)n3c2cc1OCC. The number of hydrogen-bond donors (Lipinski definition) is 2. The number of hydrogen-bond acceptors (Lipinski definition) is 7. The van der Waals surface area contributed by atoms with Crippen LogP contribution in [0, 0.1) is 12.8 Å². The minimum absolute atomic E-state index is 0.112. The molecule has 0 aliphatic heterocycles. The predicted octanol–water partition coefficient (Wildman–Crippen LogP) is 3.74. The first-order valence-corrected chi connectivity index (χ1v) is 11.4. The first kappa shape index (κ1) is 23.6. The first-order chi connectivity index (χ1) is 15.4. The summed E-state index contributed by atoms with van der Waals surface area (Å²) in [5.74, 6) is 3.28. The zero-order chi connectivity index (χ0) is 23.1. The Bertz CT molecular complexity index is 1060. The lowest BCUT2D eigenvalue weighted by atomic mass is 10.1. The molecule has 32 heavy (non-hydrogen) atoms. The van der Waals surface area contributed by atoms with E-state index in [1.54, 1.807) is 0 Å². The normalized spacial score (nSPS) is 11.3. The summed E-state index contributed by atoms with van der Waals surface area (Å²) in [5.41, 5.74) is 2.32. The molecule has 0 bridgehead atoms. The van der Waals surface area contributed by atoms with E-state index < -0.39 is 0 Å². The van der Waals surface area contributed by atoms with E-state index in [4.69, 9.17) is 14.5 Å². The maximum Gasteiger partial charge on any atom is 0.220 e. The Labute approximate surface area is 188 Å². The number of aromatic nitrogens is 4. The fourth-order valence-corrected chi connectivity index (χ4v) is 3.56. The molecule has 0 aliphatic rings. The van der Waals surface area contributed by atoms with Gasteiger partial charge in [-0.25, -0.2) is 4.98 Å². The largest absolute Gasteiger partial charge is 0.490 e. The second-order valence-corrected chi connectivity index (χ2v) is 8.10. The number of benzene rings is 1. The molecule has 0 saturated carbocycles. The molecule has 9 heteroatoms. The van der Waals surface area contributed by atoms with Gasteiger partial charge in [-0.05, 0) is 39.5 Å². The van der Waals surface area contributed by atoms with E-state index in [-0.39, 0.29) is 5.91 Å². The van der Waals surface area contributed by atoms with E-state index in [2.05, 4.69) is 20.8 Å². The van der Waals surface area contributed by atoms with E-state index in [1.807, 2.05) is 51.2 Å². The van der Waals surface area contributed by atoms with Gasteiger partial charge in [0.25, 0.3) is 0 Å². The van der Waals surface area contributed by atoms with Gasteiger partial charge in [0.05, 0.1) is 24.2 Å². The minimum Gasteiger partial charge on any atom is -0.490 e. The topological polar surface area (TPSA) is 103 Å². The number of ether oxygens (including phenoxy) is 2. The molecule has 2 aromatic heterocycles. The van der Waals surface area contributed by atoms with Crippen molar-refractivity contribution >= 4 is 28.4 Å². The quantitative estimate of drug-likeness (QED) is 0.412. The summed E-state index contributed by atoms with van der Waals surface area (Å²) in [6.45, 7) is 12.4. The minimum atomic E-state index is 0.112. The summed E-state index contributed by atoms with van der Waals surface area (Å²) in [4.78, 5) is 16.5. The van der Waals surface area contributed by atoms with Gasteiger partial charge in [0, 0.05) is 31.6 Å². The lowest BCUT2D eigenvalue weighted by molar-refractivity contribution is -0.121. The van der Waals surface area contributed by atoms with Crippen LogP contribution < -0.4 is 20.1 Å². The molecule has 0 fully saturated rings. The van der Waals surface area contributed by atoms with Crippen LogP contribution in [-0.4, -0.2) is 51.8 Å². The fraction of sp³-hybridized carbons (Fsp3) is 0.565. The summed E-state index contributed by atoms with van der Waals surface area (Å²) >= 11 is 0. The van der Waals surface area contributed by atoms with E-state index in [0.717, 1.165) is 36.2 Å². The molecular weight excluding hydrogens is 408 g/mol. The Hall–Kier alpha value is -3.10. The van der Waals surface area contributed by atoms with Crippen molar-refractivity contribution in [2.45, 2.75) is 53.9 Å². The van der Waals surface area contributed by atoms with E-state index in [1.165, 1.54) is 0 Å². The molecule has 0 aliphatic carbocycles. The van der Waals surface area contributed by atoms with E-state index in [0.29, 0.717) is 55.1 Å². The van der Waals surface area contributed by atoms with Crippen LogP contribution in [0.1, 0.15) is 52.8 Å². The van der Waals surface area contributed by atoms with Gasteiger partial charge < -0.3 is 20.1 Å². The van der Waals surface area contributed by atoms with Crippen molar-refractivity contribution < 1.29 is 14.3 Å². The standard InChI is InChI=1S/C23H34N6O3/c1-6-31-19-13-17-18(14-20(19)32-7-2)29-16(5)27-28-23(29)22(26-17)25-11-9-8-10-24-21(30)12-15(3)4/h13-15H,6-12H2,1-5H3,(H,24,30)(H,25,26). The summed E-state index contributed by atoms with van der Waals surface area (Å²) in [5, 5.41) is 14.9. The van der Waals surface area contributed by atoms with Crippen LogP contribution in [0.5, 0.6) is 11.5 Å². The summed E-state index contributed by atoms with van der Waals surface area (Å²) in [6.07, 6.45) is 2.35. The van der Waals surface area contributed by atoms with Crippen LogP contribution in [0.3, 0.4) is 0 Å². The molecule has 3 aromatic rings. The number of aryl methyl sites for hydroxylation is 1. The van der Waals surface area contributed by atoms with Crippen molar-refractivity contribution in [1.82, 2.24) is 24.9 Å². The number of carbonyl (C=O) groups is 1. The van der Waals surface area contributed by atoms with Crippen LogP contribution in [-0.2, 0) is 4.79 Å². The molecule has 9 nitrogen and oxygen atoms in total. The number of amides is 1. The number of anilines is 1. The highest BCUT2D eigenvalue weighted by atomic mass is 16.5. The van der Waals surface area contributed by atoms with Crippen molar-refractivity contribution in [1.29, 1.82) is 0 Å². The number of carbonyl (C=O) groups excluding carboxylic acids is 1. The zero-order valence-electron chi connectivity index (χ0n) is 19.7. The average molecular weight is 443 g/mol. The van der Waals surface area contributed by atoms with E-state index in [9.17, 15) is 4.79 Å². The van der Waals surface area contributed by atoms with Gasteiger partial charge in [0.2, 0.25) is 11.6 Å². The van der Waals surface area contributed by atoms with E-state index >= 15 is 0 Å². The Kier molecular flexibility index (Phi) is 8.08. The van der Waals surface area contributed by atoms with Crippen LogP contribution in [0.15, 0.2) is 12.1 Å². The number of rotatable bonds is 12. The highest BCUT2D eigenvalue weighted by Gasteiger charge is 2.16. The Morgan fingerprint density at radius 2 is 1.75 bits per heavy atom. The molecule has 0 spiro atoms. The Morgan fingerprint density at radius 1 is 1.06 bits per heavy atom. The molecule has 2 N–H and O–H groups in total. The Balaban J connectivity index is 1.75. The number of fused-ring (bicyclic) bond motifs is 3. The van der Waals surface area contributed by atoms with Crippen molar-refractivity contribution in [3.63, 3.8) is 0 Å². The van der Waals surface area contributed by atoms with Crippen molar-refractivity contribution in [2.24, 2.45) is 5.92 Å². The van der Waals surface area contributed by atoms with Gasteiger partial charge in [0.1, 0.15) is 5.82 Å². The fourth-order valence-electron chi connectivity index (χ4n) is 3.56. The lowest BCUT2D eigenvalue weighted by Gasteiger charge is -2.14. The van der Waals surface area contributed by atoms with Gasteiger partial charge in [-0.1, -0.05) is 13.8 Å². The third-order valence-corrected chi connectivity index (χ3v) is 4.96. The molecule has 0 radical (unpaired) electrons. The van der Waals surface area contributed by atoms with Crippen molar-refractivity contribution in [2.75, 3.05) is 31.6 Å². The van der Waals surface area contributed by atoms with Gasteiger partial charge in [-0.2, -0.15) is 0 Å². The average Bonchev–Trinajstić information content (AvgIpc) is 3.13.